The van der Waals surface area contributed by atoms with E-state index in [4.69, 9.17) is 5.11 Å². The molecule has 7 heteroatoms. The molecule has 0 radical (unpaired) electrons. The molecule has 3 N–H and O–H groups in total. The average Bonchev–Trinajstić information content (AvgIpc) is 2.74. The fourth-order valence-electron chi connectivity index (χ4n) is 3.00. The maximum Gasteiger partial charge on any atom is 0.303 e. The third kappa shape index (κ3) is 7.07. The van der Waals surface area contributed by atoms with Gasteiger partial charge in [-0.2, -0.15) is 0 Å². The molecule has 0 bridgehead atoms. The van der Waals surface area contributed by atoms with Crippen LogP contribution in [0, 0.1) is 5.92 Å². The van der Waals surface area contributed by atoms with E-state index in [2.05, 4.69) is 11.6 Å². The lowest BCUT2D eigenvalue weighted by Gasteiger charge is -2.19. The SMILES string of the molecule is CCCCCCCCS(=O)(=O)N[C@H]1CC[C@H](CC(=O)O)[C@H]1O. The third-order valence-corrected chi connectivity index (χ3v) is 5.77. The summed E-state index contributed by atoms with van der Waals surface area (Å²) in [5.74, 6) is -1.25. The molecule has 0 aliphatic heterocycles. The van der Waals surface area contributed by atoms with Crippen LogP contribution >= 0.6 is 0 Å². The number of carboxylic acids is 1. The second kappa shape index (κ2) is 9.47. The van der Waals surface area contributed by atoms with Crippen molar-refractivity contribution >= 4 is 16.0 Å². The van der Waals surface area contributed by atoms with Gasteiger partial charge in [0.1, 0.15) is 0 Å². The fraction of sp³-hybridized carbons (Fsp3) is 0.933. The monoisotopic (exact) mass is 335 g/mol. The van der Waals surface area contributed by atoms with Gasteiger partial charge in [-0.1, -0.05) is 39.0 Å². The van der Waals surface area contributed by atoms with Crippen LogP contribution in [0.2, 0.25) is 0 Å². The summed E-state index contributed by atoms with van der Waals surface area (Å²) in [5, 5.41) is 18.8. The first-order valence-corrected chi connectivity index (χ1v) is 9.91. The lowest BCUT2D eigenvalue weighted by Crippen LogP contribution is -2.42. The molecule has 1 aliphatic rings. The first kappa shape index (κ1) is 19.4. The Morgan fingerprint density at radius 1 is 1.14 bits per heavy atom. The largest absolute Gasteiger partial charge is 0.481 e. The van der Waals surface area contributed by atoms with E-state index in [9.17, 15) is 18.3 Å². The van der Waals surface area contributed by atoms with Gasteiger partial charge in [0, 0.05) is 6.04 Å². The minimum absolute atomic E-state index is 0.0753. The Morgan fingerprint density at radius 3 is 2.41 bits per heavy atom. The van der Waals surface area contributed by atoms with E-state index < -0.39 is 28.1 Å². The third-order valence-electron chi connectivity index (χ3n) is 4.28. The van der Waals surface area contributed by atoms with Gasteiger partial charge in [-0.05, 0) is 25.2 Å². The van der Waals surface area contributed by atoms with Gasteiger partial charge in [0.25, 0.3) is 0 Å². The lowest BCUT2D eigenvalue weighted by molar-refractivity contribution is -0.138. The van der Waals surface area contributed by atoms with Crippen LogP contribution in [0.5, 0.6) is 0 Å². The van der Waals surface area contributed by atoms with Crippen LogP contribution in [0.3, 0.4) is 0 Å². The van der Waals surface area contributed by atoms with Gasteiger partial charge in [0.15, 0.2) is 0 Å². The van der Waals surface area contributed by atoms with E-state index in [0.717, 1.165) is 25.7 Å². The Morgan fingerprint density at radius 2 is 1.77 bits per heavy atom. The van der Waals surface area contributed by atoms with Gasteiger partial charge in [0.05, 0.1) is 18.3 Å². The minimum atomic E-state index is -3.40. The average molecular weight is 335 g/mol. The first-order chi connectivity index (χ1) is 10.4. The maximum atomic E-state index is 12.0. The molecule has 1 aliphatic carbocycles. The summed E-state index contributed by atoms with van der Waals surface area (Å²) in [7, 11) is -3.40. The highest BCUT2D eigenvalue weighted by Gasteiger charge is 2.37. The van der Waals surface area contributed by atoms with E-state index in [1.165, 1.54) is 6.42 Å². The quantitative estimate of drug-likeness (QED) is 0.500. The van der Waals surface area contributed by atoms with Crippen molar-refractivity contribution in [2.75, 3.05) is 5.75 Å². The number of carbonyl (C=O) groups is 1. The summed E-state index contributed by atoms with van der Waals surface area (Å²) < 4.78 is 26.6. The van der Waals surface area contributed by atoms with Crippen molar-refractivity contribution in [1.29, 1.82) is 0 Å². The van der Waals surface area contributed by atoms with E-state index in [1.807, 2.05) is 0 Å². The van der Waals surface area contributed by atoms with Crippen LogP contribution < -0.4 is 4.72 Å². The molecule has 1 fully saturated rings. The molecule has 1 saturated carbocycles. The molecule has 6 nitrogen and oxygen atoms in total. The molecular weight excluding hydrogens is 306 g/mol. The Hall–Kier alpha value is -0.660. The van der Waals surface area contributed by atoms with Crippen LogP contribution in [0.15, 0.2) is 0 Å². The summed E-state index contributed by atoms with van der Waals surface area (Å²) >= 11 is 0. The minimum Gasteiger partial charge on any atom is -0.481 e. The number of aliphatic hydroxyl groups is 1. The summed E-state index contributed by atoms with van der Waals surface area (Å²) in [5.41, 5.74) is 0. The molecule has 3 atom stereocenters. The van der Waals surface area contributed by atoms with Crippen molar-refractivity contribution in [3.63, 3.8) is 0 Å². The first-order valence-electron chi connectivity index (χ1n) is 8.25. The summed E-state index contributed by atoms with van der Waals surface area (Å²) in [6.45, 7) is 2.14. The van der Waals surface area contributed by atoms with E-state index in [0.29, 0.717) is 19.3 Å². The molecule has 22 heavy (non-hydrogen) atoms. The number of sulfonamides is 1. The van der Waals surface area contributed by atoms with Gasteiger partial charge < -0.3 is 10.2 Å². The molecule has 1 rings (SSSR count). The smallest absolute Gasteiger partial charge is 0.303 e. The zero-order valence-corrected chi connectivity index (χ0v) is 14.1. The number of aliphatic hydroxyl groups excluding tert-OH is 1. The van der Waals surface area contributed by atoms with Crippen molar-refractivity contribution < 1.29 is 23.4 Å². The zero-order chi connectivity index (χ0) is 16.6. The predicted molar refractivity (Wildman–Crippen MR) is 85.1 cm³/mol. The topological polar surface area (TPSA) is 104 Å². The molecule has 130 valence electrons. The van der Waals surface area contributed by atoms with Crippen molar-refractivity contribution in [2.24, 2.45) is 5.92 Å². The lowest BCUT2D eigenvalue weighted by atomic mass is 10.0. The van der Waals surface area contributed by atoms with Gasteiger partial charge in [-0.3, -0.25) is 4.79 Å². The Balaban J connectivity index is 2.31. The number of hydrogen-bond donors (Lipinski definition) is 3. The molecule has 0 aromatic heterocycles. The molecule has 0 aromatic carbocycles. The molecule has 0 aromatic rings. The zero-order valence-electron chi connectivity index (χ0n) is 13.3. The number of unbranched alkanes of at least 4 members (excludes halogenated alkanes) is 5. The molecule has 0 saturated heterocycles. The number of aliphatic carboxylic acids is 1. The normalized spacial score (nSPS) is 25.5. The highest BCUT2D eigenvalue weighted by Crippen LogP contribution is 2.29. The van der Waals surface area contributed by atoms with Crippen LogP contribution in [0.25, 0.3) is 0 Å². The van der Waals surface area contributed by atoms with Crippen molar-refractivity contribution in [1.82, 2.24) is 4.72 Å². The van der Waals surface area contributed by atoms with Crippen LogP contribution in [0.4, 0.5) is 0 Å². The molecular formula is C15H29NO5S. The van der Waals surface area contributed by atoms with E-state index in [-0.39, 0.29) is 18.1 Å². The van der Waals surface area contributed by atoms with Gasteiger partial charge in [-0.15, -0.1) is 0 Å². The summed E-state index contributed by atoms with van der Waals surface area (Å²) in [6, 6.07) is -0.547. The highest BCUT2D eigenvalue weighted by molar-refractivity contribution is 7.89. The van der Waals surface area contributed by atoms with Crippen molar-refractivity contribution in [3.05, 3.63) is 0 Å². The molecule has 0 unspecified atom stereocenters. The molecule has 0 amide bonds. The number of rotatable bonds is 11. The number of hydrogen-bond acceptors (Lipinski definition) is 4. The van der Waals surface area contributed by atoms with Crippen LogP contribution in [-0.4, -0.2) is 42.5 Å². The Bertz CT molecular complexity index is 437. The fourth-order valence-corrected chi connectivity index (χ4v) is 4.42. The highest BCUT2D eigenvalue weighted by atomic mass is 32.2. The number of nitrogens with one attached hydrogen (secondary N) is 1. The van der Waals surface area contributed by atoms with Crippen LogP contribution in [-0.2, 0) is 14.8 Å². The summed E-state index contributed by atoms with van der Waals surface area (Å²) in [6.07, 6.45) is 6.08. The molecule has 0 spiro atoms. The number of carboxylic acid groups (broad SMARTS) is 1. The summed E-state index contributed by atoms with van der Waals surface area (Å²) in [4.78, 5) is 10.7. The second-order valence-electron chi connectivity index (χ2n) is 6.24. The standard InChI is InChI=1S/C15H29NO5S/c1-2-3-4-5-6-7-10-22(20,21)16-13-9-8-12(15(13)19)11-14(17)18/h12-13,15-16,19H,2-11H2,1H3,(H,17,18)/t12-,13+,15-/m1/s1. The predicted octanol–water partition coefficient (Wildman–Crippen LogP) is 1.88. The second-order valence-corrected chi connectivity index (χ2v) is 8.11. The van der Waals surface area contributed by atoms with Crippen LogP contribution in [0.1, 0.15) is 64.7 Å². The van der Waals surface area contributed by atoms with E-state index in [1.54, 1.807) is 0 Å². The van der Waals surface area contributed by atoms with Gasteiger partial charge >= 0.3 is 5.97 Å². The Kier molecular flexibility index (Phi) is 8.35. The van der Waals surface area contributed by atoms with Gasteiger partial charge in [-0.25, -0.2) is 13.1 Å². The van der Waals surface area contributed by atoms with Crippen molar-refractivity contribution in [2.45, 2.75) is 76.9 Å². The van der Waals surface area contributed by atoms with Crippen molar-refractivity contribution in [3.8, 4) is 0 Å². The van der Waals surface area contributed by atoms with E-state index >= 15 is 0 Å². The maximum absolute atomic E-state index is 12.0. The van der Waals surface area contributed by atoms with Gasteiger partial charge in [0.2, 0.25) is 10.0 Å². The molecule has 0 heterocycles. The Labute approximate surface area is 133 Å².